The molecule has 3 aromatic rings. The number of alkyl halides is 2. The highest BCUT2D eigenvalue weighted by Crippen LogP contribution is 2.41. The largest absolute Gasteiger partial charge is 0.493 e. The maximum atomic E-state index is 14.9. The number of aryl methyl sites for hydroxylation is 1. The van der Waals surface area contributed by atoms with Crippen molar-refractivity contribution in [3.8, 4) is 11.5 Å². The number of hydrogen-bond acceptors (Lipinski definition) is 9. The Balaban J connectivity index is 2.04. The molecule has 0 aliphatic carbocycles. The van der Waals surface area contributed by atoms with Crippen LogP contribution in [0.1, 0.15) is 43.8 Å². The number of aromatic nitrogens is 2. The van der Waals surface area contributed by atoms with Crippen molar-refractivity contribution >= 4 is 22.4 Å². The molecule has 1 atom stereocenters. The molecule has 0 amide bonds. The number of anilines is 2. The molecule has 0 fully saturated rings. The van der Waals surface area contributed by atoms with Crippen molar-refractivity contribution < 1.29 is 32.8 Å². The number of ether oxygens (including phenoxy) is 4. The average Bonchev–Trinajstić information content (AvgIpc) is 2.83. The van der Waals surface area contributed by atoms with Gasteiger partial charge >= 0.3 is 5.92 Å². The minimum Gasteiger partial charge on any atom is -0.493 e. The summed E-state index contributed by atoms with van der Waals surface area (Å²) < 4.78 is 51.9. The third-order valence-electron chi connectivity index (χ3n) is 6.05. The van der Waals surface area contributed by atoms with E-state index >= 15 is 0 Å². The first kappa shape index (κ1) is 29.3. The van der Waals surface area contributed by atoms with Crippen LogP contribution in [0, 0.1) is 6.92 Å². The lowest BCUT2D eigenvalue weighted by Crippen LogP contribution is -2.40. The third kappa shape index (κ3) is 6.40. The maximum absolute atomic E-state index is 14.9. The quantitative estimate of drug-likeness (QED) is 0.286. The summed E-state index contributed by atoms with van der Waals surface area (Å²) in [4.78, 5) is 9.08. The molecule has 0 spiro atoms. The minimum absolute atomic E-state index is 0.154. The Kier molecular flexibility index (Phi) is 8.96. The highest BCUT2D eigenvalue weighted by atomic mass is 19.3. The standard InChI is InChI=1S/C27H36F2N4O5/c1-15(17-8-18(10-19(30)9-17)27(28,29)26(3,4)34)31-25-21-11-24(38-20(13-35-5)14-36-6)23(37-7)12-22(21)32-16(2)33-25/h8-12,15,20,34H,13-14,30H2,1-7H3,(H,31,32,33)/t15-/m1/s1. The Morgan fingerprint density at radius 2 is 1.66 bits per heavy atom. The van der Waals surface area contributed by atoms with E-state index in [1.165, 1.54) is 19.2 Å². The second-order valence-electron chi connectivity index (χ2n) is 9.68. The first-order valence-corrected chi connectivity index (χ1v) is 12.1. The Morgan fingerprint density at radius 1 is 1.00 bits per heavy atom. The van der Waals surface area contributed by atoms with E-state index in [0.29, 0.717) is 52.8 Å². The van der Waals surface area contributed by atoms with Crippen molar-refractivity contribution in [3.63, 3.8) is 0 Å². The fourth-order valence-electron chi connectivity index (χ4n) is 4.03. The zero-order valence-corrected chi connectivity index (χ0v) is 22.8. The first-order chi connectivity index (χ1) is 17.8. The molecule has 208 valence electrons. The lowest BCUT2D eigenvalue weighted by molar-refractivity contribution is -0.168. The van der Waals surface area contributed by atoms with Gasteiger partial charge in [-0.25, -0.2) is 9.97 Å². The highest BCUT2D eigenvalue weighted by molar-refractivity contribution is 5.92. The van der Waals surface area contributed by atoms with Gasteiger partial charge < -0.3 is 35.1 Å². The van der Waals surface area contributed by atoms with Crippen LogP contribution in [0.4, 0.5) is 20.3 Å². The number of hydrogen-bond donors (Lipinski definition) is 3. The van der Waals surface area contributed by atoms with Gasteiger partial charge in [-0.1, -0.05) is 0 Å². The van der Waals surface area contributed by atoms with Gasteiger partial charge in [0.2, 0.25) is 0 Å². The van der Waals surface area contributed by atoms with Crippen molar-refractivity contribution in [2.75, 3.05) is 45.6 Å². The predicted molar refractivity (Wildman–Crippen MR) is 142 cm³/mol. The number of aliphatic hydroxyl groups is 1. The average molecular weight is 535 g/mol. The van der Waals surface area contributed by atoms with Crippen LogP contribution in [0.15, 0.2) is 30.3 Å². The zero-order valence-electron chi connectivity index (χ0n) is 22.8. The monoisotopic (exact) mass is 534 g/mol. The van der Waals surface area contributed by atoms with Gasteiger partial charge in [-0.15, -0.1) is 0 Å². The molecular formula is C27H36F2N4O5. The molecule has 1 aromatic heterocycles. The van der Waals surface area contributed by atoms with Crippen LogP contribution >= 0.6 is 0 Å². The number of nitrogens with one attached hydrogen (secondary N) is 1. The van der Waals surface area contributed by atoms with Gasteiger partial charge in [-0.2, -0.15) is 8.78 Å². The predicted octanol–water partition coefficient (Wildman–Crippen LogP) is 4.61. The van der Waals surface area contributed by atoms with Crippen molar-refractivity contribution in [1.82, 2.24) is 9.97 Å². The summed E-state index contributed by atoms with van der Waals surface area (Å²) in [6.07, 6.45) is -0.388. The van der Waals surface area contributed by atoms with Gasteiger partial charge in [0.15, 0.2) is 11.5 Å². The van der Waals surface area contributed by atoms with E-state index in [1.54, 1.807) is 46.3 Å². The number of fused-ring (bicyclic) bond motifs is 1. The Hall–Kier alpha value is -3.28. The molecule has 38 heavy (non-hydrogen) atoms. The van der Waals surface area contributed by atoms with Crippen LogP contribution in [0.5, 0.6) is 11.5 Å². The number of methoxy groups -OCH3 is 3. The lowest BCUT2D eigenvalue weighted by atomic mass is 9.91. The summed E-state index contributed by atoms with van der Waals surface area (Å²) in [5.41, 5.74) is 4.59. The Morgan fingerprint density at radius 3 is 2.24 bits per heavy atom. The van der Waals surface area contributed by atoms with Crippen LogP contribution in [-0.4, -0.2) is 61.3 Å². The number of nitrogen functional groups attached to an aromatic ring is 1. The van der Waals surface area contributed by atoms with Gasteiger partial charge in [-0.3, -0.25) is 0 Å². The molecule has 0 saturated carbocycles. The normalized spacial score (nSPS) is 13.1. The van der Waals surface area contributed by atoms with E-state index in [0.717, 1.165) is 13.8 Å². The zero-order chi connectivity index (χ0) is 28.3. The molecule has 0 aliphatic rings. The van der Waals surface area contributed by atoms with Gasteiger partial charge in [0.25, 0.3) is 0 Å². The van der Waals surface area contributed by atoms with Crippen molar-refractivity contribution in [1.29, 1.82) is 0 Å². The summed E-state index contributed by atoms with van der Waals surface area (Å²) in [6, 6.07) is 7.14. The molecule has 3 rings (SSSR count). The molecular weight excluding hydrogens is 498 g/mol. The second kappa shape index (κ2) is 11.6. The summed E-state index contributed by atoms with van der Waals surface area (Å²) in [5, 5.41) is 14.0. The van der Waals surface area contributed by atoms with Gasteiger partial charge in [-0.05, 0) is 57.5 Å². The molecule has 0 unspecified atom stereocenters. The fourth-order valence-corrected chi connectivity index (χ4v) is 4.03. The van der Waals surface area contributed by atoms with Crippen LogP contribution in [0.25, 0.3) is 10.9 Å². The highest BCUT2D eigenvalue weighted by Gasteiger charge is 2.47. The van der Waals surface area contributed by atoms with Crippen LogP contribution < -0.4 is 20.5 Å². The summed E-state index contributed by atoms with van der Waals surface area (Å²) >= 11 is 0. The van der Waals surface area contributed by atoms with Crippen molar-refractivity contribution in [2.24, 2.45) is 0 Å². The SMILES string of the molecule is COCC(COC)Oc1cc2c(N[C@H](C)c3cc(N)cc(C(F)(F)C(C)(C)O)c3)nc(C)nc2cc1OC. The lowest BCUT2D eigenvalue weighted by Gasteiger charge is -2.30. The molecule has 4 N–H and O–H groups in total. The number of benzene rings is 2. The molecule has 0 bridgehead atoms. The molecule has 2 aromatic carbocycles. The molecule has 0 radical (unpaired) electrons. The van der Waals surface area contributed by atoms with E-state index in [9.17, 15) is 13.9 Å². The topological polar surface area (TPSA) is 121 Å². The summed E-state index contributed by atoms with van der Waals surface area (Å²) in [5.74, 6) is -1.62. The summed E-state index contributed by atoms with van der Waals surface area (Å²) in [6.45, 7) is 6.28. The van der Waals surface area contributed by atoms with E-state index < -0.39 is 17.6 Å². The van der Waals surface area contributed by atoms with Crippen LogP contribution in [0.3, 0.4) is 0 Å². The van der Waals surface area contributed by atoms with Crippen molar-refractivity contribution in [2.45, 2.75) is 51.4 Å². The van der Waals surface area contributed by atoms with Crippen LogP contribution in [0.2, 0.25) is 0 Å². The van der Waals surface area contributed by atoms with Gasteiger partial charge in [0, 0.05) is 36.9 Å². The van der Waals surface area contributed by atoms with Crippen molar-refractivity contribution in [3.05, 3.63) is 47.3 Å². The Bertz CT molecular complexity index is 1260. The number of halogens is 2. The van der Waals surface area contributed by atoms with E-state index in [4.69, 9.17) is 24.7 Å². The fraction of sp³-hybridized carbons (Fsp3) is 0.481. The minimum atomic E-state index is -3.52. The summed E-state index contributed by atoms with van der Waals surface area (Å²) in [7, 11) is 4.68. The van der Waals surface area contributed by atoms with E-state index in [2.05, 4.69) is 15.3 Å². The molecule has 0 saturated heterocycles. The van der Waals surface area contributed by atoms with E-state index in [1.807, 2.05) is 0 Å². The third-order valence-corrected chi connectivity index (χ3v) is 6.05. The molecule has 0 aliphatic heterocycles. The molecule has 9 nitrogen and oxygen atoms in total. The van der Waals surface area contributed by atoms with E-state index in [-0.39, 0.29) is 17.4 Å². The van der Waals surface area contributed by atoms with Gasteiger partial charge in [0.1, 0.15) is 23.3 Å². The Labute approximate surface area is 221 Å². The molecule has 1 heterocycles. The van der Waals surface area contributed by atoms with Gasteiger partial charge in [0.05, 0.1) is 31.9 Å². The maximum Gasteiger partial charge on any atom is 0.300 e. The number of nitrogens with two attached hydrogens (primary N) is 1. The number of nitrogens with zero attached hydrogens (tertiary/aromatic N) is 2. The van der Waals surface area contributed by atoms with Crippen LogP contribution in [-0.2, 0) is 15.4 Å². The molecule has 11 heteroatoms. The first-order valence-electron chi connectivity index (χ1n) is 12.1. The second-order valence-corrected chi connectivity index (χ2v) is 9.68. The smallest absolute Gasteiger partial charge is 0.300 e. The number of rotatable bonds is 12.